The first-order valence-corrected chi connectivity index (χ1v) is 14.6. The minimum absolute atomic E-state index is 0.345. The Morgan fingerprint density at radius 3 is 2.28 bits per heavy atom. The SMILES string of the molecule is Cn1cc(-c2n[nH]c(=O)n2-c2cn(CCCN3CCN(Cc4ccccc4)CC3)c3ccc(F)cc23)c2cc(F)ccc21. The number of hydrogen-bond acceptors (Lipinski definition) is 4. The summed E-state index contributed by atoms with van der Waals surface area (Å²) in [4.78, 5) is 18.2. The summed E-state index contributed by atoms with van der Waals surface area (Å²) >= 11 is 0. The molecule has 4 heterocycles. The van der Waals surface area contributed by atoms with Gasteiger partial charge < -0.3 is 14.0 Å². The lowest BCUT2D eigenvalue weighted by molar-refractivity contribution is 0.125. The topological polar surface area (TPSA) is 67.0 Å². The Balaban J connectivity index is 1.13. The second kappa shape index (κ2) is 11.3. The number of rotatable bonds is 8. The number of nitrogens with one attached hydrogen (secondary N) is 1. The molecule has 8 nitrogen and oxygen atoms in total. The second-order valence-electron chi connectivity index (χ2n) is 11.3. The molecule has 1 aliphatic heterocycles. The van der Waals surface area contributed by atoms with Gasteiger partial charge in [0.05, 0.1) is 11.2 Å². The molecule has 0 aliphatic carbocycles. The first-order valence-electron chi connectivity index (χ1n) is 14.6. The van der Waals surface area contributed by atoms with E-state index in [-0.39, 0.29) is 11.6 Å². The fourth-order valence-corrected chi connectivity index (χ4v) is 6.33. The Morgan fingerprint density at radius 1 is 0.814 bits per heavy atom. The van der Waals surface area contributed by atoms with Crippen LogP contribution >= 0.6 is 0 Å². The van der Waals surface area contributed by atoms with Crippen molar-refractivity contribution in [3.05, 3.63) is 107 Å². The molecule has 3 aromatic carbocycles. The van der Waals surface area contributed by atoms with E-state index in [1.807, 2.05) is 24.0 Å². The smallest absolute Gasteiger partial charge is 0.348 e. The lowest BCUT2D eigenvalue weighted by Crippen LogP contribution is -2.46. The fourth-order valence-electron chi connectivity index (χ4n) is 6.33. The van der Waals surface area contributed by atoms with E-state index in [9.17, 15) is 13.6 Å². The van der Waals surface area contributed by atoms with E-state index in [4.69, 9.17) is 0 Å². The van der Waals surface area contributed by atoms with Gasteiger partial charge in [0.1, 0.15) is 11.6 Å². The number of fused-ring (bicyclic) bond motifs is 2. The zero-order chi connectivity index (χ0) is 29.5. The van der Waals surface area contributed by atoms with Crippen LogP contribution in [0.2, 0.25) is 0 Å². The summed E-state index contributed by atoms with van der Waals surface area (Å²) in [6, 6.07) is 19.8. The number of hydrogen-bond donors (Lipinski definition) is 1. The molecule has 7 rings (SSSR count). The van der Waals surface area contributed by atoms with Crippen molar-refractivity contribution >= 4 is 21.8 Å². The Labute approximate surface area is 247 Å². The van der Waals surface area contributed by atoms with Crippen LogP contribution < -0.4 is 5.69 Å². The number of nitrogens with zero attached hydrogens (tertiary/aromatic N) is 6. The summed E-state index contributed by atoms with van der Waals surface area (Å²) in [5.74, 6) is -0.413. The molecule has 3 aromatic heterocycles. The Bertz CT molecular complexity index is 1960. The quantitative estimate of drug-likeness (QED) is 0.270. The molecule has 1 N–H and O–H groups in total. The molecule has 0 bridgehead atoms. The largest absolute Gasteiger partial charge is 0.350 e. The van der Waals surface area contributed by atoms with E-state index >= 15 is 0 Å². The average molecular weight is 582 g/mol. The van der Waals surface area contributed by atoms with Crippen LogP contribution in [0.3, 0.4) is 0 Å². The zero-order valence-electron chi connectivity index (χ0n) is 24.0. The van der Waals surface area contributed by atoms with Gasteiger partial charge in [-0.3, -0.25) is 4.90 Å². The van der Waals surface area contributed by atoms with E-state index in [1.165, 1.54) is 34.4 Å². The van der Waals surface area contributed by atoms with Crippen LogP contribution in [0.5, 0.6) is 0 Å². The first-order chi connectivity index (χ1) is 20.9. The van der Waals surface area contributed by atoms with Crippen molar-refractivity contribution < 1.29 is 8.78 Å². The van der Waals surface area contributed by atoms with Crippen LogP contribution in [-0.2, 0) is 20.1 Å². The molecular weight excluding hydrogens is 548 g/mol. The van der Waals surface area contributed by atoms with Gasteiger partial charge in [0, 0.05) is 80.6 Å². The predicted molar refractivity (Wildman–Crippen MR) is 164 cm³/mol. The molecule has 0 spiro atoms. The maximum Gasteiger partial charge on any atom is 0.348 e. The van der Waals surface area contributed by atoms with Gasteiger partial charge in [-0.2, -0.15) is 5.10 Å². The van der Waals surface area contributed by atoms with Crippen molar-refractivity contribution in [1.29, 1.82) is 0 Å². The Kier molecular flexibility index (Phi) is 7.16. The first kappa shape index (κ1) is 27.3. The normalized spacial score (nSPS) is 14.8. The van der Waals surface area contributed by atoms with Crippen LogP contribution in [0.15, 0.2) is 83.9 Å². The Hall–Kier alpha value is -4.54. The molecular formula is C33H33F2N7O. The summed E-state index contributed by atoms with van der Waals surface area (Å²) in [5.41, 5.74) is 3.69. The number of H-pyrrole nitrogens is 1. The highest BCUT2D eigenvalue weighted by molar-refractivity contribution is 5.96. The Morgan fingerprint density at radius 2 is 1.51 bits per heavy atom. The second-order valence-corrected chi connectivity index (χ2v) is 11.3. The van der Waals surface area contributed by atoms with E-state index in [0.717, 1.165) is 56.7 Å². The van der Waals surface area contributed by atoms with Gasteiger partial charge in [-0.05, 0) is 54.9 Å². The van der Waals surface area contributed by atoms with Gasteiger partial charge in [-0.1, -0.05) is 30.3 Å². The summed E-state index contributed by atoms with van der Waals surface area (Å²) < 4.78 is 34.2. The molecule has 0 amide bonds. The molecule has 0 unspecified atom stereocenters. The number of halogens is 2. The third kappa shape index (κ3) is 5.28. The number of aromatic amines is 1. The van der Waals surface area contributed by atoms with Crippen LogP contribution in [0.1, 0.15) is 12.0 Å². The average Bonchev–Trinajstić information content (AvgIpc) is 3.66. The molecule has 43 heavy (non-hydrogen) atoms. The molecule has 1 fully saturated rings. The molecule has 6 aromatic rings. The maximum absolute atomic E-state index is 14.5. The minimum Gasteiger partial charge on any atom is -0.350 e. The lowest BCUT2D eigenvalue weighted by atomic mass is 10.1. The zero-order valence-corrected chi connectivity index (χ0v) is 24.0. The highest BCUT2D eigenvalue weighted by atomic mass is 19.1. The number of aryl methyl sites for hydroxylation is 2. The molecule has 0 radical (unpaired) electrons. The maximum atomic E-state index is 14.5. The number of piperazine rings is 1. The van der Waals surface area contributed by atoms with E-state index in [2.05, 4.69) is 54.9 Å². The molecule has 0 saturated carbocycles. The van der Waals surface area contributed by atoms with Gasteiger partial charge in [-0.15, -0.1) is 0 Å². The van der Waals surface area contributed by atoms with Crippen LogP contribution in [0, 0.1) is 11.6 Å². The predicted octanol–water partition coefficient (Wildman–Crippen LogP) is 5.16. The van der Waals surface area contributed by atoms with Crippen molar-refractivity contribution in [3.8, 4) is 17.1 Å². The third-order valence-electron chi connectivity index (χ3n) is 8.52. The van der Waals surface area contributed by atoms with Crippen molar-refractivity contribution in [2.24, 2.45) is 7.05 Å². The summed E-state index contributed by atoms with van der Waals surface area (Å²) in [6.45, 7) is 6.77. The fraction of sp³-hybridized carbons (Fsp3) is 0.273. The van der Waals surface area contributed by atoms with Crippen molar-refractivity contribution in [1.82, 2.24) is 33.7 Å². The van der Waals surface area contributed by atoms with Crippen molar-refractivity contribution in [3.63, 3.8) is 0 Å². The molecule has 220 valence electrons. The van der Waals surface area contributed by atoms with Gasteiger partial charge in [0.15, 0.2) is 5.82 Å². The van der Waals surface area contributed by atoms with E-state index < -0.39 is 5.69 Å². The highest BCUT2D eigenvalue weighted by Gasteiger charge is 2.22. The van der Waals surface area contributed by atoms with Crippen LogP contribution in [0.25, 0.3) is 38.9 Å². The van der Waals surface area contributed by atoms with Gasteiger partial charge >= 0.3 is 5.69 Å². The standard InChI is InChI=1S/C33H33F2N7O/c1-38-21-28(26-18-24(34)8-10-29(26)38)32-36-37-33(43)42(32)31-22-41(30-11-9-25(35)19-27(30)31)13-5-12-39-14-16-40(17-15-39)20-23-6-3-2-4-7-23/h2-4,6-11,18-19,21-22H,5,12-17,20H2,1H3,(H,37,43). The molecule has 1 aliphatic rings. The van der Waals surface area contributed by atoms with Crippen LogP contribution in [-0.4, -0.2) is 66.4 Å². The van der Waals surface area contributed by atoms with Gasteiger partial charge in [0.25, 0.3) is 0 Å². The molecule has 1 saturated heterocycles. The lowest BCUT2D eigenvalue weighted by Gasteiger charge is -2.34. The number of benzene rings is 3. The van der Waals surface area contributed by atoms with Gasteiger partial charge in [-0.25, -0.2) is 23.2 Å². The molecule has 10 heteroatoms. The van der Waals surface area contributed by atoms with Crippen LogP contribution in [0.4, 0.5) is 8.78 Å². The van der Waals surface area contributed by atoms with E-state index in [1.54, 1.807) is 12.1 Å². The number of aromatic nitrogens is 5. The van der Waals surface area contributed by atoms with E-state index in [0.29, 0.717) is 34.4 Å². The third-order valence-corrected chi connectivity index (χ3v) is 8.52. The van der Waals surface area contributed by atoms with Crippen molar-refractivity contribution in [2.45, 2.75) is 19.5 Å². The minimum atomic E-state index is -0.444. The van der Waals surface area contributed by atoms with Gasteiger partial charge in [0.2, 0.25) is 0 Å². The van der Waals surface area contributed by atoms with Crippen molar-refractivity contribution in [2.75, 3.05) is 32.7 Å². The monoisotopic (exact) mass is 581 g/mol. The highest BCUT2D eigenvalue weighted by Crippen LogP contribution is 2.33. The summed E-state index contributed by atoms with van der Waals surface area (Å²) in [7, 11) is 1.86. The summed E-state index contributed by atoms with van der Waals surface area (Å²) in [5, 5.41) is 8.14. The summed E-state index contributed by atoms with van der Waals surface area (Å²) in [6.07, 6.45) is 4.64. The molecule has 0 atom stereocenters.